The first-order valence-corrected chi connectivity index (χ1v) is 8.22. The zero-order valence-electron chi connectivity index (χ0n) is 12.4. The topological polar surface area (TPSA) is 61.6 Å². The average Bonchev–Trinajstić information content (AvgIpc) is 3.27. The molecule has 0 atom stereocenters. The molecule has 1 saturated carbocycles. The number of rotatable bonds is 4. The molecule has 0 aromatic carbocycles. The first-order chi connectivity index (χ1) is 9.70. The van der Waals surface area contributed by atoms with Gasteiger partial charge in [0.1, 0.15) is 0 Å². The van der Waals surface area contributed by atoms with Gasteiger partial charge in [-0.1, -0.05) is 0 Å². The van der Waals surface area contributed by atoms with Crippen LogP contribution in [-0.4, -0.2) is 66.6 Å². The van der Waals surface area contributed by atoms with Gasteiger partial charge in [0.15, 0.2) is 0 Å². The number of nitrogens with one attached hydrogen (secondary N) is 1. The largest absolute Gasteiger partial charge is 0.352 e. The first-order valence-electron chi connectivity index (χ1n) is 8.22. The number of amides is 1. The molecule has 0 bridgehead atoms. The molecule has 2 aliphatic heterocycles. The molecule has 0 aromatic rings. The van der Waals surface area contributed by atoms with Crippen LogP contribution in [0.3, 0.4) is 0 Å². The van der Waals surface area contributed by atoms with E-state index in [2.05, 4.69) is 15.1 Å². The SMILES string of the molecule is NC1CCN(CC(=O)NC2CCN(C3CC3)CC2)CC1. The predicted molar refractivity (Wildman–Crippen MR) is 79.4 cm³/mol. The quantitative estimate of drug-likeness (QED) is 0.770. The Hall–Kier alpha value is -0.650. The van der Waals surface area contributed by atoms with E-state index in [9.17, 15) is 4.79 Å². The Kier molecular flexibility index (Phi) is 4.58. The van der Waals surface area contributed by atoms with E-state index in [4.69, 9.17) is 5.73 Å². The van der Waals surface area contributed by atoms with E-state index in [0.717, 1.165) is 57.9 Å². The molecule has 114 valence electrons. The predicted octanol–water partition coefficient (Wildman–Crippen LogP) is 0.153. The molecule has 3 fully saturated rings. The molecule has 1 amide bonds. The Morgan fingerprint density at radius 3 is 2.25 bits per heavy atom. The van der Waals surface area contributed by atoms with E-state index in [1.54, 1.807) is 0 Å². The van der Waals surface area contributed by atoms with Gasteiger partial charge in [-0.3, -0.25) is 9.69 Å². The van der Waals surface area contributed by atoms with Crippen molar-refractivity contribution in [1.82, 2.24) is 15.1 Å². The zero-order chi connectivity index (χ0) is 13.9. The van der Waals surface area contributed by atoms with Crippen LogP contribution >= 0.6 is 0 Å². The molecular weight excluding hydrogens is 252 g/mol. The van der Waals surface area contributed by atoms with E-state index < -0.39 is 0 Å². The van der Waals surface area contributed by atoms with Gasteiger partial charge in [-0.15, -0.1) is 0 Å². The molecule has 3 rings (SSSR count). The summed E-state index contributed by atoms with van der Waals surface area (Å²) >= 11 is 0. The number of nitrogens with zero attached hydrogens (tertiary/aromatic N) is 2. The minimum atomic E-state index is 0.199. The molecule has 0 aromatic heterocycles. The summed E-state index contributed by atoms with van der Waals surface area (Å²) in [5, 5.41) is 3.22. The summed E-state index contributed by atoms with van der Waals surface area (Å²) in [6.45, 7) is 4.81. The lowest BCUT2D eigenvalue weighted by atomic mass is 10.0. The van der Waals surface area contributed by atoms with E-state index in [-0.39, 0.29) is 5.91 Å². The third-order valence-electron chi connectivity index (χ3n) is 4.96. The third kappa shape index (κ3) is 3.93. The van der Waals surface area contributed by atoms with Crippen molar-refractivity contribution >= 4 is 5.91 Å². The van der Waals surface area contributed by atoms with Crippen LogP contribution in [0.15, 0.2) is 0 Å². The van der Waals surface area contributed by atoms with Gasteiger partial charge in [-0.05, 0) is 38.5 Å². The van der Waals surface area contributed by atoms with Gasteiger partial charge in [0.2, 0.25) is 5.91 Å². The summed E-state index contributed by atoms with van der Waals surface area (Å²) in [7, 11) is 0. The minimum Gasteiger partial charge on any atom is -0.352 e. The number of carbonyl (C=O) groups is 1. The molecular formula is C15H28N4O. The van der Waals surface area contributed by atoms with Crippen LogP contribution in [0.25, 0.3) is 0 Å². The maximum Gasteiger partial charge on any atom is 0.234 e. The summed E-state index contributed by atoms with van der Waals surface area (Å²) in [6.07, 6.45) is 7.04. The highest BCUT2D eigenvalue weighted by Gasteiger charge is 2.32. The fourth-order valence-electron chi connectivity index (χ4n) is 3.44. The van der Waals surface area contributed by atoms with Crippen LogP contribution in [-0.2, 0) is 4.79 Å². The molecule has 1 aliphatic carbocycles. The molecule has 20 heavy (non-hydrogen) atoms. The van der Waals surface area contributed by atoms with Gasteiger partial charge in [0.05, 0.1) is 6.54 Å². The van der Waals surface area contributed by atoms with Gasteiger partial charge in [-0.2, -0.15) is 0 Å². The van der Waals surface area contributed by atoms with Gasteiger partial charge >= 0.3 is 0 Å². The van der Waals surface area contributed by atoms with Crippen molar-refractivity contribution in [3.05, 3.63) is 0 Å². The second-order valence-corrected chi connectivity index (χ2v) is 6.72. The molecule has 2 saturated heterocycles. The number of hydrogen-bond donors (Lipinski definition) is 2. The first kappa shape index (κ1) is 14.3. The monoisotopic (exact) mass is 280 g/mol. The van der Waals surface area contributed by atoms with Crippen LogP contribution in [0.1, 0.15) is 38.5 Å². The van der Waals surface area contributed by atoms with E-state index in [0.29, 0.717) is 18.6 Å². The lowest BCUT2D eigenvalue weighted by Crippen LogP contribution is -2.49. The summed E-state index contributed by atoms with van der Waals surface area (Å²) in [5.74, 6) is 0.199. The normalized spacial score (nSPS) is 27.6. The zero-order valence-corrected chi connectivity index (χ0v) is 12.4. The van der Waals surface area contributed by atoms with Crippen molar-refractivity contribution in [3.63, 3.8) is 0 Å². The second-order valence-electron chi connectivity index (χ2n) is 6.72. The fraction of sp³-hybridized carbons (Fsp3) is 0.933. The number of hydrogen-bond acceptors (Lipinski definition) is 4. The Balaban J connectivity index is 1.34. The van der Waals surface area contributed by atoms with Gasteiger partial charge in [-0.25, -0.2) is 0 Å². The lowest BCUT2D eigenvalue weighted by molar-refractivity contribution is -0.123. The Bertz CT molecular complexity index is 329. The highest BCUT2D eigenvalue weighted by molar-refractivity contribution is 5.78. The maximum atomic E-state index is 12.1. The molecule has 2 heterocycles. The van der Waals surface area contributed by atoms with Gasteiger partial charge < -0.3 is 16.0 Å². The molecule has 5 heteroatoms. The van der Waals surface area contributed by atoms with Gasteiger partial charge in [0.25, 0.3) is 0 Å². The Morgan fingerprint density at radius 1 is 1.00 bits per heavy atom. The summed E-state index contributed by atoms with van der Waals surface area (Å²) in [6, 6.07) is 1.59. The van der Waals surface area contributed by atoms with Crippen LogP contribution in [0.5, 0.6) is 0 Å². The summed E-state index contributed by atoms with van der Waals surface area (Å²) < 4.78 is 0. The molecule has 0 spiro atoms. The van der Waals surface area contributed by atoms with Crippen LogP contribution < -0.4 is 11.1 Å². The van der Waals surface area contributed by atoms with Crippen molar-refractivity contribution < 1.29 is 4.79 Å². The van der Waals surface area contributed by atoms with Crippen LogP contribution in [0.2, 0.25) is 0 Å². The smallest absolute Gasteiger partial charge is 0.234 e. The standard InChI is InChI=1S/C15H28N4O/c16-12-3-7-18(8-4-12)11-15(20)17-13-5-9-19(10-6-13)14-1-2-14/h12-14H,1-11,16H2,(H,17,20). The Morgan fingerprint density at radius 2 is 1.65 bits per heavy atom. The number of nitrogens with two attached hydrogens (primary N) is 1. The molecule has 3 N–H and O–H groups in total. The summed E-state index contributed by atoms with van der Waals surface area (Å²) in [4.78, 5) is 16.9. The van der Waals surface area contributed by atoms with Crippen molar-refractivity contribution in [2.75, 3.05) is 32.7 Å². The Labute approximate surface area is 121 Å². The highest BCUT2D eigenvalue weighted by Crippen LogP contribution is 2.29. The van der Waals surface area contributed by atoms with E-state index >= 15 is 0 Å². The number of likely N-dealkylation sites (tertiary alicyclic amines) is 2. The van der Waals surface area contributed by atoms with E-state index in [1.807, 2.05) is 0 Å². The van der Waals surface area contributed by atoms with E-state index in [1.165, 1.54) is 12.8 Å². The maximum absolute atomic E-state index is 12.1. The third-order valence-corrected chi connectivity index (χ3v) is 4.96. The molecule has 5 nitrogen and oxygen atoms in total. The molecule has 0 unspecified atom stereocenters. The van der Waals surface area contributed by atoms with Crippen molar-refractivity contribution in [2.24, 2.45) is 5.73 Å². The molecule has 0 radical (unpaired) electrons. The number of carbonyl (C=O) groups excluding carboxylic acids is 1. The lowest BCUT2D eigenvalue weighted by Gasteiger charge is -2.33. The van der Waals surface area contributed by atoms with Crippen molar-refractivity contribution in [1.29, 1.82) is 0 Å². The fourth-order valence-corrected chi connectivity index (χ4v) is 3.44. The van der Waals surface area contributed by atoms with Crippen molar-refractivity contribution in [3.8, 4) is 0 Å². The minimum absolute atomic E-state index is 0.199. The van der Waals surface area contributed by atoms with Crippen LogP contribution in [0.4, 0.5) is 0 Å². The highest BCUT2D eigenvalue weighted by atomic mass is 16.2. The summed E-state index contributed by atoms with van der Waals surface area (Å²) in [5.41, 5.74) is 5.89. The number of piperidine rings is 2. The average molecular weight is 280 g/mol. The second kappa shape index (κ2) is 6.41. The van der Waals surface area contributed by atoms with Crippen molar-refractivity contribution in [2.45, 2.75) is 56.7 Å². The van der Waals surface area contributed by atoms with Crippen LogP contribution in [0, 0.1) is 0 Å². The van der Waals surface area contributed by atoms with Gasteiger partial charge in [0, 0.05) is 44.3 Å². The molecule has 3 aliphatic rings.